The van der Waals surface area contributed by atoms with Gasteiger partial charge in [0.2, 0.25) is 0 Å². The lowest BCUT2D eigenvalue weighted by Crippen LogP contribution is -1.98. The van der Waals surface area contributed by atoms with Crippen LogP contribution in [0, 0.1) is 11.8 Å². The Morgan fingerprint density at radius 3 is 1.54 bits per heavy atom. The first-order valence-corrected chi connectivity index (χ1v) is 9.47. The Morgan fingerprint density at radius 1 is 1.00 bits per heavy atom. The van der Waals surface area contributed by atoms with Crippen LogP contribution in [0.4, 0.5) is 0 Å². The van der Waals surface area contributed by atoms with Gasteiger partial charge in [-0.3, -0.25) is 0 Å². The van der Waals surface area contributed by atoms with E-state index in [-0.39, 0.29) is 0 Å². The number of hydrogen-bond acceptors (Lipinski definition) is 1. The Labute approximate surface area is 94.0 Å². The van der Waals surface area contributed by atoms with Crippen LogP contribution in [0.25, 0.3) is 0 Å². The number of hydrogen-bond donors (Lipinski definition) is 1. The van der Waals surface area contributed by atoms with Crippen molar-refractivity contribution in [3.8, 4) is 0 Å². The van der Waals surface area contributed by atoms with Crippen LogP contribution >= 0.6 is 17.5 Å². The molecule has 0 fully saturated rings. The molecular formula is C10H23PS2. The minimum atomic E-state index is -1.27. The van der Waals surface area contributed by atoms with E-state index in [1.165, 1.54) is 25.2 Å². The molecule has 80 valence electrons. The summed E-state index contributed by atoms with van der Waals surface area (Å²) in [5, 5.41) is -1.27. The average molecular weight is 238 g/mol. The Bertz CT molecular complexity index is 160. The Kier molecular flexibility index (Phi) is 6.98. The Balaban J connectivity index is 3.74. The van der Waals surface area contributed by atoms with Crippen LogP contribution in [0.5, 0.6) is 0 Å². The minimum absolute atomic E-state index is 0.772. The van der Waals surface area contributed by atoms with Gasteiger partial charge in [-0.25, -0.2) is 0 Å². The number of thiol groups is 1. The molecule has 0 N–H and O–H groups in total. The summed E-state index contributed by atoms with van der Waals surface area (Å²) in [4.78, 5) is 0. The topological polar surface area (TPSA) is 0 Å². The fourth-order valence-corrected chi connectivity index (χ4v) is 4.42. The quantitative estimate of drug-likeness (QED) is 0.528. The smallest absolute Gasteiger partial charge is 0.00345 e. The zero-order valence-electron chi connectivity index (χ0n) is 9.29. The molecule has 0 saturated carbocycles. The van der Waals surface area contributed by atoms with Crippen molar-refractivity contribution < 1.29 is 0 Å². The molecule has 0 amide bonds. The molecule has 0 aliphatic heterocycles. The highest BCUT2D eigenvalue weighted by Gasteiger charge is 2.12. The van der Waals surface area contributed by atoms with Gasteiger partial charge in [0.25, 0.3) is 0 Å². The van der Waals surface area contributed by atoms with E-state index in [2.05, 4.69) is 39.9 Å². The first-order chi connectivity index (χ1) is 5.83. The second-order valence-corrected chi connectivity index (χ2v) is 12.5. The Morgan fingerprint density at radius 2 is 1.31 bits per heavy atom. The lowest BCUT2D eigenvalue weighted by atomic mass is 10.2. The van der Waals surface area contributed by atoms with E-state index in [0.29, 0.717) is 0 Å². The molecule has 0 aromatic rings. The first kappa shape index (κ1) is 14.0. The summed E-state index contributed by atoms with van der Waals surface area (Å²) < 4.78 is 0. The van der Waals surface area contributed by atoms with E-state index in [1.807, 2.05) is 0 Å². The average Bonchev–Trinajstić information content (AvgIpc) is 1.98. The van der Waals surface area contributed by atoms with Crippen molar-refractivity contribution in [3.63, 3.8) is 0 Å². The zero-order chi connectivity index (χ0) is 10.5. The van der Waals surface area contributed by atoms with Gasteiger partial charge in [0, 0.05) is 5.24 Å². The molecule has 0 aliphatic carbocycles. The van der Waals surface area contributed by atoms with Gasteiger partial charge in [-0.1, -0.05) is 39.5 Å². The van der Waals surface area contributed by atoms with E-state index in [1.54, 1.807) is 0 Å². The van der Waals surface area contributed by atoms with E-state index in [9.17, 15) is 0 Å². The van der Waals surface area contributed by atoms with Crippen LogP contribution in [0.3, 0.4) is 0 Å². The lowest BCUT2D eigenvalue weighted by Gasteiger charge is -2.17. The highest BCUT2D eigenvalue weighted by atomic mass is 32.9. The molecule has 0 saturated heterocycles. The van der Waals surface area contributed by atoms with Crippen LogP contribution in [0.15, 0.2) is 0 Å². The molecule has 0 atom stereocenters. The fraction of sp³-hybridized carbons (Fsp3) is 1.00. The summed E-state index contributed by atoms with van der Waals surface area (Å²) >= 11 is 10.2. The standard InChI is InChI=1S/C10H23PS2/c1-9(2)5-7-11(12,13)8-6-10(3)4/h9-10H,5-8H2,1-4H3,(H,12,13). The van der Waals surface area contributed by atoms with Crippen molar-refractivity contribution in [3.05, 3.63) is 0 Å². The molecule has 0 aliphatic rings. The maximum atomic E-state index is 5.56. The first-order valence-electron chi connectivity index (χ1n) is 5.14. The van der Waals surface area contributed by atoms with Crippen LogP contribution in [-0.4, -0.2) is 12.3 Å². The summed E-state index contributed by atoms with van der Waals surface area (Å²) in [5.74, 6) is 1.54. The van der Waals surface area contributed by atoms with Crippen molar-refractivity contribution in [2.75, 3.05) is 12.3 Å². The summed E-state index contributed by atoms with van der Waals surface area (Å²) in [6.07, 6.45) is 4.85. The summed E-state index contributed by atoms with van der Waals surface area (Å²) in [6.45, 7) is 9.02. The molecule has 0 aromatic carbocycles. The molecule has 3 heteroatoms. The highest BCUT2D eigenvalue weighted by molar-refractivity contribution is 8.63. The van der Waals surface area contributed by atoms with Gasteiger partial charge in [0.15, 0.2) is 0 Å². The molecule has 0 nitrogen and oxygen atoms in total. The molecule has 0 spiro atoms. The highest BCUT2D eigenvalue weighted by Crippen LogP contribution is 2.52. The van der Waals surface area contributed by atoms with Gasteiger partial charge >= 0.3 is 0 Å². The number of rotatable bonds is 6. The second kappa shape index (κ2) is 6.48. The maximum Gasteiger partial charge on any atom is 0.00345 e. The third-order valence-corrected chi connectivity index (χ3v) is 6.32. The summed E-state index contributed by atoms with van der Waals surface area (Å²) in [7, 11) is 0. The van der Waals surface area contributed by atoms with Gasteiger partial charge in [0.05, 0.1) is 0 Å². The van der Waals surface area contributed by atoms with Gasteiger partial charge in [0.1, 0.15) is 0 Å². The van der Waals surface area contributed by atoms with Gasteiger partial charge in [-0.2, -0.15) is 0 Å². The van der Waals surface area contributed by atoms with Gasteiger partial charge in [-0.15, -0.1) is 12.2 Å². The molecule has 0 rings (SSSR count). The van der Waals surface area contributed by atoms with Crippen LogP contribution in [-0.2, 0) is 11.8 Å². The van der Waals surface area contributed by atoms with Crippen molar-refractivity contribution in [2.45, 2.75) is 40.5 Å². The molecule has 0 radical (unpaired) electrons. The molecular weight excluding hydrogens is 215 g/mol. The van der Waals surface area contributed by atoms with Crippen molar-refractivity contribution >= 4 is 29.3 Å². The van der Waals surface area contributed by atoms with Gasteiger partial charge in [-0.05, 0) is 37.0 Å². The molecule has 13 heavy (non-hydrogen) atoms. The minimum Gasteiger partial charge on any atom is -0.141 e. The van der Waals surface area contributed by atoms with Crippen LogP contribution in [0.2, 0.25) is 0 Å². The van der Waals surface area contributed by atoms with Crippen LogP contribution < -0.4 is 0 Å². The predicted octanol–water partition coefficient (Wildman–Crippen LogP) is 4.40. The normalized spacial score (nSPS) is 12.8. The van der Waals surface area contributed by atoms with E-state index in [0.717, 1.165) is 11.8 Å². The summed E-state index contributed by atoms with van der Waals surface area (Å²) in [5.41, 5.74) is 0. The molecule has 0 unspecified atom stereocenters. The largest absolute Gasteiger partial charge is 0.141 e. The van der Waals surface area contributed by atoms with E-state index >= 15 is 0 Å². The second-order valence-electron chi connectivity index (χ2n) is 4.66. The Hall–Kier alpha value is 1.00. The van der Waals surface area contributed by atoms with Crippen LogP contribution in [0.1, 0.15) is 40.5 Å². The lowest BCUT2D eigenvalue weighted by molar-refractivity contribution is 0.620. The predicted molar refractivity (Wildman–Crippen MR) is 71.9 cm³/mol. The van der Waals surface area contributed by atoms with Crippen molar-refractivity contribution in [1.82, 2.24) is 0 Å². The third-order valence-electron chi connectivity index (χ3n) is 2.11. The SMILES string of the molecule is CC(C)CCP(=S)(S)CCC(C)C. The zero-order valence-corrected chi connectivity index (χ0v) is 11.9. The monoisotopic (exact) mass is 238 g/mol. The molecule has 0 heterocycles. The third kappa shape index (κ3) is 9.31. The molecule has 0 aromatic heterocycles. The van der Waals surface area contributed by atoms with Crippen molar-refractivity contribution in [1.29, 1.82) is 0 Å². The fourth-order valence-electron chi connectivity index (χ4n) is 1.03. The maximum absolute atomic E-state index is 5.56. The molecule has 0 bridgehead atoms. The van der Waals surface area contributed by atoms with E-state index in [4.69, 9.17) is 11.8 Å². The van der Waals surface area contributed by atoms with Gasteiger partial charge < -0.3 is 0 Å². The van der Waals surface area contributed by atoms with E-state index < -0.39 is 5.24 Å². The van der Waals surface area contributed by atoms with Crippen molar-refractivity contribution in [2.24, 2.45) is 11.8 Å². The summed E-state index contributed by atoms with van der Waals surface area (Å²) in [6, 6.07) is 0.